The van der Waals surface area contributed by atoms with E-state index in [1.54, 1.807) is 0 Å². The van der Waals surface area contributed by atoms with Gasteiger partial charge < -0.3 is 9.63 Å². The van der Waals surface area contributed by atoms with Crippen LogP contribution in [-0.4, -0.2) is 30.4 Å². The topological polar surface area (TPSA) is 97.5 Å². The number of aromatic nitrogens is 1. The Bertz CT molecular complexity index is 477. The average molecular weight is 261 g/mol. The van der Waals surface area contributed by atoms with Crippen molar-refractivity contribution in [2.75, 3.05) is 5.75 Å². The molecule has 6 nitrogen and oxygen atoms in total. The van der Waals surface area contributed by atoms with E-state index in [1.165, 1.54) is 0 Å². The Labute approximate surface area is 99.5 Å². The summed E-state index contributed by atoms with van der Waals surface area (Å²) in [5, 5.41) is 11.9. The number of hydrogen-bond donors (Lipinski definition) is 1. The van der Waals surface area contributed by atoms with E-state index in [4.69, 9.17) is 5.11 Å². The van der Waals surface area contributed by atoms with Crippen molar-refractivity contribution in [2.45, 2.75) is 31.9 Å². The van der Waals surface area contributed by atoms with Crippen molar-refractivity contribution in [2.24, 2.45) is 0 Å². The van der Waals surface area contributed by atoms with Gasteiger partial charge in [-0.25, -0.2) is 13.2 Å². The fraction of sp³-hybridized carbons (Fsp3) is 0.600. The zero-order valence-electron chi connectivity index (χ0n) is 9.55. The summed E-state index contributed by atoms with van der Waals surface area (Å²) in [5.41, 5.74) is -0.274. The molecular weight excluding hydrogens is 246 g/mol. The second-order valence-electron chi connectivity index (χ2n) is 3.78. The van der Waals surface area contributed by atoms with Crippen molar-refractivity contribution in [1.29, 1.82) is 0 Å². The average Bonchev–Trinajstić information content (AvgIpc) is 2.65. The summed E-state index contributed by atoms with van der Waals surface area (Å²) in [6.07, 6.45) is 2.41. The van der Waals surface area contributed by atoms with Gasteiger partial charge in [0.05, 0.1) is 5.75 Å². The smallest absolute Gasteiger partial charge is 0.358 e. The predicted molar refractivity (Wildman–Crippen MR) is 60.5 cm³/mol. The van der Waals surface area contributed by atoms with Crippen LogP contribution in [0.5, 0.6) is 0 Å². The van der Waals surface area contributed by atoms with Gasteiger partial charge in [0.15, 0.2) is 21.3 Å². The lowest BCUT2D eigenvalue weighted by Crippen LogP contribution is -2.08. The lowest BCUT2D eigenvalue weighted by Gasteiger charge is -2.00. The third-order valence-electron chi connectivity index (χ3n) is 2.20. The van der Waals surface area contributed by atoms with E-state index in [0.29, 0.717) is 6.42 Å². The van der Waals surface area contributed by atoms with Crippen molar-refractivity contribution in [3.05, 3.63) is 17.5 Å². The zero-order valence-corrected chi connectivity index (χ0v) is 10.4. The van der Waals surface area contributed by atoms with Gasteiger partial charge in [0, 0.05) is 6.07 Å². The molecule has 0 bridgehead atoms. The van der Waals surface area contributed by atoms with Crippen molar-refractivity contribution < 1.29 is 22.8 Å². The van der Waals surface area contributed by atoms with Crippen LogP contribution in [0.2, 0.25) is 0 Å². The second kappa shape index (κ2) is 5.81. The molecule has 0 spiro atoms. The van der Waals surface area contributed by atoms with Crippen molar-refractivity contribution >= 4 is 15.8 Å². The van der Waals surface area contributed by atoms with E-state index < -0.39 is 15.8 Å². The highest BCUT2D eigenvalue weighted by Gasteiger charge is 2.17. The van der Waals surface area contributed by atoms with Gasteiger partial charge in [0.1, 0.15) is 5.75 Å². The van der Waals surface area contributed by atoms with Crippen LogP contribution < -0.4 is 0 Å². The third-order valence-corrected chi connectivity index (χ3v) is 3.83. The van der Waals surface area contributed by atoms with Crippen LogP contribution >= 0.6 is 0 Å². The van der Waals surface area contributed by atoms with Gasteiger partial charge in [0.25, 0.3) is 0 Å². The number of rotatable bonds is 7. The maximum Gasteiger partial charge on any atom is 0.358 e. The van der Waals surface area contributed by atoms with Gasteiger partial charge in [-0.2, -0.15) is 0 Å². The van der Waals surface area contributed by atoms with Crippen molar-refractivity contribution in [3.8, 4) is 0 Å². The van der Waals surface area contributed by atoms with Crippen LogP contribution in [-0.2, 0) is 15.6 Å². The number of sulfone groups is 1. The molecule has 0 aliphatic heterocycles. The third kappa shape index (κ3) is 4.56. The highest BCUT2D eigenvalue weighted by Crippen LogP contribution is 2.10. The number of nitrogens with zero attached hydrogens (tertiary/aromatic N) is 1. The first-order valence-corrected chi connectivity index (χ1v) is 7.16. The minimum Gasteiger partial charge on any atom is -0.476 e. The summed E-state index contributed by atoms with van der Waals surface area (Å²) < 4.78 is 27.9. The van der Waals surface area contributed by atoms with Gasteiger partial charge >= 0.3 is 5.97 Å². The molecule has 0 amide bonds. The first-order chi connectivity index (χ1) is 7.94. The molecule has 1 heterocycles. The summed E-state index contributed by atoms with van der Waals surface area (Å²) in [5.74, 6) is -1.37. The summed E-state index contributed by atoms with van der Waals surface area (Å²) in [4.78, 5) is 10.5. The van der Waals surface area contributed by atoms with E-state index in [0.717, 1.165) is 18.9 Å². The maximum atomic E-state index is 11.6. The molecule has 0 aliphatic carbocycles. The lowest BCUT2D eigenvalue weighted by atomic mass is 10.3. The number of carboxylic acids is 1. The normalized spacial score (nSPS) is 11.6. The summed E-state index contributed by atoms with van der Waals surface area (Å²) >= 11 is 0. The zero-order chi connectivity index (χ0) is 12.9. The molecule has 0 unspecified atom stereocenters. The van der Waals surface area contributed by atoms with E-state index in [9.17, 15) is 13.2 Å². The molecule has 0 aliphatic rings. The first-order valence-electron chi connectivity index (χ1n) is 5.34. The SMILES string of the molecule is CCCCCS(=O)(=O)Cc1cc(C(=O)O)no1. The van der Waals surface area contributed by atoms with Crippen molar-refractivity contribution in [1.82, 2.24) is 5.16 Å². The van der Waals surface area contributed by atoms with Crippen LogP contribution in [0.25, 0.3) is 0 Å². The van der Waals surface area contributed by atoms with E-state index in [1.807, 2.05) is 6.92 Å². The van der Waals surface area contributed by atoms with E-state index in [-0.39, 0.29) is 23.0 Å². The monoisotopic (exact) mass is 261 g/mol. The van der Waals surface area contributed by atoms with Gasteiger partial charge in [-0.1, -0.05) is 24.9 Å². The quantitative estimate of drug-likeness (QED) is 0.746. The lowest BCUT2D eigenvalue weighted by molar-refractivity contribution is 0.0685. The molecule has 1 aromatic heterocycles. The summed E-state index contributed by atoms with van der Waals surface area (Å²) in [7, 11) is -3.25. The van der Waals surface area contributed by atoms with Crippen LogP contribution in [0.3, 0.4) is 0 Å². The molecule has 1 rings (SSSR count). The van der Waals surface area contributed by atoms with Crippen LogP contribution in [0.4, 0.5) is 0 Å². The highest BCUT2D eigenvalue weighted by molar-refractivity contribution is 7.90. The Hall–Kier alpha value is -1.37. The number of carboxylic acid groups (broad SMARTS) is 1. The standard InChI is InChI=1S/C10H15NO5S/c1-2-3-4-5-17(14,15)7-8-6-9(10(12)13)11-16-8/h6H,2-5,7H2,1H3,(H,12,13). The van der Waals surface area contributed by atoms with Crippen LogP contribution in [0.15, 0.2) is 10.6 Å². The molecule has 96 valence electrons. The molecule has 0 radical (unpaired) electrons. The van der Waals surface area contributed by atoms with Gasteiger partial charge in [-0.15, -0.1) is 0 Å². The number of hydrogen-bond acceptors (Lipinski definition) is 5. The molecular formula is C10H15NO5S. The fourth-order valence-corrected chi connectivity index (χ4v) is 2.70. The Morgan fingerprint density at radius 3 is 2.71 bits per heavy atom. The van der Waals surface area contributed by atoms with Crippen molar-refractivity contribution in [3.63, 3.8) is 0 Å². The maximum absolute atomic E-state index is 11.6. The minimum absolute atomic E-state index is 0.0684. The van der Waals surface area contributed by atoms with Gasteiger partial charge in [0.2, 0.25) is 0 Å². The van der Waals surface area contributed by atoms with Gasteiger partial charge in [-0.3, -0.25) is 0 Å². The number of aromatic carboxylic acids is 1. The second-order valence-corrected chi connectivity index (χ2v) is 5.97. The van der Waals surface area contributed by atoms with Crippen LogP contribution in [0, 0.1) is 0 Å². The Balaban J connectivity index is 2.60. The largest absolute Gasteiger partial charge is 0.476 e. The minimum atomic E-state index is -3.25. The Morgan fingerprint density at radius 2 is 2.18 bits per heavy atom. The van der Waals surface area contributed by atoms with E-state index in [2.05, 4.69) is 9.68 Å². The molecule has 0 fully saturated rings. The Morgan fingerprint density at radius 1 is 1.47 bits per heavy atom. The first kappa shape index (κ1) is 13.7. The molecule has 0 atom stereocenters. The molecule has 7 heteroatoms. The van der Waals surface area contributed by atoms with Crippen LogP contribution in [0.1, 0.15) is 42.4 Å². The Kier molecular flexibility index (Phi) is 4.68. The molecule has 0 saturated carbocycles. The van der Waals surface area contributed by atoms with E-state index >= 15 is 0 Å². The highest BCUT2D eigenvalue weighted by atomic mass is 32.2. The predicted octanol–water partition coefficient (Wildman–Crippen LogP) is 1.48. The molecule has 17 heavy (non-hydrogen) atoms. The molecule has 1 N–H and O–H groups in total. The number of unbranched alkanes of at least 4 members (excludes halogenated alkanes) is 2. The fourth-order valence-electron chi connectivity index (χ4n) is 1.34. The van der Waals surface area contributed by atoms with Gasteiger partial charge in [-0.05, 0) is 6.42 Å². The molecule has 0 aromatic carbocycles. The number of carbonyl (C=O) groups is 1. The molecule has 1 aromatic rings. The summed E-state index contributed by atoms with van der Waals surface area (Å²) in [6.45, 7) is 1.99. The summed E-state index contributed by atoms with van der Waals surface area (Å²) in [6, 6.07) is 1.14. The molecule has 0 saturated heterocycles.